The number of nitrogens with zero attached hydrogens (tertiary/aromatic N) is 3. The number of hydrogen-bond donors (Lipinski definition) is 1. The van der Waals surface area contributed by atoms with Crippen molar-refractivity contribution in [3.05, 3.63) is 52.9 Å². The molecular weight excluding hydrogens is 318 g/mol. The third-order valence-corrected chi connectivity index (χ3v) is 4.18. The van der Waals surface area contributed by atoms with Crippen molar-refractivity contribution in [2.45, 2.75) is 18.9 Å². The predicted molar refractivity (Wildman–Crippen MR) is 84.8 cm³/mol. The molecule has 3 heterocycles. The number of amides is 1. The van der Waals surface area contributed by atoms with E-state index in [2.05, 4.69) is 9.97 Å². The molecule has 2 aromatic rings. The van der Waals surface area contributed by atoms with Crippen LogP contribution in [0.25, 0.3) is 0 Å². The number of carboxylic acid groups (broad SMARTS) is 1. The fourth-order valence-electron chi connectivity index (χ4n) is 2.74. The summed E-state index contributed by atoms with van der Waals surface area (Å²) in [4.78, 5) is 21.0. The van der Waals surface area contributed by atoms with Crippen LogP contribution in [-0.2, 0) is 6.61 Å². The van der Waals surface area contributed by atoms with Gasteiger partial charge in [-0.15, -0.1) is 0 Å². The van der Waals surface area contributed by atoms with E-state index < -0.39 is 6.09 Å². The SMILES string of the molecule is O=C(O)N1CCC(c2cccnc2COc2ncccc2Cl)C1. The van der Waals surface area contributed by atoms with Gasteiger partial charge in [0.1, 0.15) is 11.6 Å². The molecule has 0 bridgehead atoms. The number of likely N-dealkylation sites (tertiary alicyclic amines) is 1. The minimum absolute atomic E-state index is 0.137. The molecule has 2 aromatic heterocycles. The first-order valence-corrected chi connectivity index (χ1v) is 7.68. The summed E-state index contributed by atoms with van der Waals surface area (Å²) in [5.74, 6) is 0.502. The van der Waals surface area contributed by atoms with E-state index >= 15 is 0 Å². The fourth-order valence-corrected chi connectivity index (χ4v) is 2.92. The minimum atomic E-state index is -0.880. The highest BCUT2D eigenvalue weighted by Gasteiger charge is 2.28. The number of carbonyl (C=O) groups is 1. The molecule has 23 heavy (non-hydrogen) atoms. The third-order valence-electron chi connectivity index (χ3n) is 3.89. The first kappa shape index (κ1) is 15.6. The van der Waals surface area contributed by atoms with Crippen LogP contribution in [0.4, 0.5) is 4.79 Å². The third kappa shape index (κ3) is 3.53. The molecule has 6 nitrogen and oxygen atoms in total. The summed E-state index contributed by atoms with van der Waals surface area (Å²) in [6.07, 6.45) is 3.22. The van der Waals surface area contributed by atoms with Crippen LogP contribution < -0.4 is 4.74 Å². The number of aromatic nitrogens is 2. The summed E-state index contributed by atoms with van der Waals surface area (Å²) in [6, 6.07) is 7.28. The Morgan fingerprint density at radius 1 is 1.35 bits per heavy atom. The van der Waals surface area contributed by atoms with Crippen LogP contribution in [0.5, 0.6) is 5.88 Å². The largest absolute Gasteiger partial charge is 0.470 e. The second kappa shape index (κ2) is 6.83. The molecule has 1 amide bonds. The van der Waals surface area contributed by atoms with Crippen LogP contribution in [0, 0.1) is 0 Å². The molecule has 1 atom stereocenters. The van der Waals surface area contributed by atoms with Crippen molar-refractivity contribution in [3.8, 4) is 5.88 Å². The zero-order chi connectivity index (χ0) is 16.2. The maximum Gasteiger partial charge on any atom is 0.407 e. The van der Waals surface area contributed by atoms with Crippen molar-refractivity contribution < 1.29 is 14.6 Å². The van der Waals surface area contributed by atoms with Crippen LogP contribution in [0.15, 0.2) is 36.7 Å². The van der Waals surface area contributed by atoms with E-state index in [1.807, 2.05) is 12.1 Å². The molecule has 0 saturated carbocycles. The highest BCUT2D eigenvalue weighted by Crippen LogP contribution is 2.29. The Kier molecular flexibility index (Phi) is 4.62. The summed E-state index contributed by atoms with van der Waals surface area (Å²) >= 11 is 6.03. The van der Waals surface area contributed by atoms with Gasteiger partial charge >= 0.3 is 6.09 Å². The molecule has 1 aliphatic heterocycles. The van der Waals surface area contributed by atoms with E-state index in [9.17, 15) is 4.79 Å². The molecule has 7 heteroatoms. The van der Waals surface area contributed by atoms with E-state index in [-0.39, 0.29) is 12.5 Å². The minimum Gasteiger partial charge on any atom is -0.470 e. The van der Waals surface area contributed by atoms with Crippen LogP contribution in [0.3, 0.4) is 0 Å². The van der Waals surface area contributed by atoms with E-state index in [0.29, 0.717) is 24.0 Å². The van der Waals surface area contributed by atoms with Crippen molar-refractivity contribution in [1.29, 1.82) is 0 Å². The standard InChI is InChI=1S/C16H16ClN3O3/c17-13-4-2-7-19-15(13)23-10-14-12(3-1-6-18-14)11-5-8-20(9-11)16(21)22/h1-4,6-7,11H,5,8-10H2,(H,21,22). The van der Waals surface area contributed by atoms with Gasteiger partial charge in [-0.2, -0.15) is 0 Å². The molecule has 1 saturated heterocycles. The summed E-state index contributed by atoms with van der Waals surface area (Å²) in [7, 11) is 0. The van der Waals surface area contributed by atoms with Gasteiger partial charge in [-0.3, -0.25) is 4.98 Å². The highest BCUT2D eigenvalue weighted by molar-refractivity contribution is 6.31. The van der Waals surface area contributed by atoms with Crippen molar-refractivity contribution in [2.24, 2.45) is 0 Å². The average Bonchev–Trinajstić information content (AvgIpc) is 3.04. The lowest BCUT2D eigenvalue weighted by Crippen LogP contribution is -2.26. The van der Waals surface area contributed by atoms with Crippen LogP contribution in [-0.4, -0.2) is 39.2 Å². The Morgan fingerprint density at radius 3 is 2.87 bits per heavy atom. The van der Waals surface area contributed by atoms with Gasteiger partial charge in [0.15, 0.2) is 0 Å². The second-order valence-corrected chi connectivity index (χ2v) is 5.74. The van der Waals surface area contributed by atoms with Gasteiger partial charge in [0, 0.05) is 31.4 Å². The molecule has 3 rings (SSSR count). The number of hydrogen-bond acceptors (Lipinski definition) is 4. The summed E-state index contributed by atoms with van der Waals surface area (Å²) in [6.45, 7) is 1.27. The summed E-state index contributed by atoms with van der Waals surface area (Å²) < 4.78 is 5.66. The zero-order valence-corrected chi connectivity index (χ0v) is 13.1. The molecule has 0 radical (unpaired) electrons. The molecular formula is C16H16ClN3O3. The Morgan fingerprint density at radius 2 is 2.13 bits per heavy atom. The first-order valence-electron chi connectivity index (χ1n) is 7.30. The van der Waals surface area contributed by atoms with Crippen molar-refractivity contribution in [1.82, 2.24) is 14.9 Å². The molecule has 0 aliphatic carbocycles. The quantitative estimate of drug-likeness (QED) is 0.930. The predicted octanol–water partition coefficient (Wildman–Crippen LogP) is 3.18. The van der Waals surface area contributed by atoms with Gasteiger partial charge in [0.2, 0.25) is 5.88 Å². The first-order chi connectivity index (χ1) is 11.1. The molecule has 1 aliphatic rings. The molecule has 1 unspecified atom stereocenters. The lowest BCUT2D eigenvalue weighted by Gasteiger charge is -2.16. The second-order valence-electron chi connectivity index (χ2n) is 5.33. The Hall–Kier alpha value is -2.34. The van der Waals surface area contributed by atoms with Gasteiger partial charge in [-0.25, -0.2) is 9.78 Å². The maximum absolute atomic E-state index is 11.1. The monoisotopic (exact) mass is 333 g/mol. The highest BCUT2D eigenvalue weighted by atomic mass is 35.5. The van der Waals surface area contributed by atoms with Crippen LogP contribution >= 0.6 is 11.6 Å². The van der Waals surface area contributed by atoms with Gasteiger partial charge in [0.25, 0.3) is 0 Å². The molecule has 120 valence electrons. The normalized spacial score (nSPS) is 17.3. The van der Waals surface area contributed by atoms with E-state index in [1.165, 1.54) is 4.90 Å². The molecule has 0 spiro atoms. The molecule has 0 aromatic carbocycles. The lowest BCUT2D eigenvalue weighted by atomic mass is 9.97. The zero-order valence-electron chi connectivity index (χ0n) is 12.4. The average molecular weight is 334 g/mol. The lowest BCUT2D eigenvalue weighted by molar-refractivity contribution is 0.155. The van der Waals surface area contributed by atoms with Crippen molar-refractivity contribution in [3.63, 3.8) is 0 Å². The van der Waals surface area contributed by atoms with E-state index in [4.69, 9.17) is 21.4 Å². The van der Waals surface area contributed by atoms with E-state index in [0.717, 1.165) is 17.7 Å². The van der Waals surface area contributed by atoms with Gasteiger partial charge in [-0.1, -0.05) is 17.7 Å². The Balaban J connectivity index is 1.74. The number of rotatable bonds is 4. The Bertz CT molecular complexity index is 710. The van der Waals surface area contributed by atoms with Crippen molar-refractivity contribution >= 4 is 17.7 Å². The number of ether oxygens (including phenoxy) is 1. The molecule has 1 fully saturated rings. The summed E-state index contributed by atoms with van der Waals surface area (Å²) in [5, 5.41) is 9.54. The Labute approximate surface area is 138 Å². The van der Waals surface area contributed by atoms with Crippen molar-refractivity contribution in [2.75, 3.05) is 13.1 Å². The number of pyridine rings is 2. The molecule has 1 N–H and O–H groups in total. The number of halogens is 1. The summed E-state index contributed by atoms with van der Waals surface area (Å²) in [5.41, 5.74) is 1.80. The van der Waals surface area contributed by atoms with E-state index in [1.54, 1.807) is 24.5 Å². The van der Waals surface area contributed by atoms with Crippen LogP contribution in [0.2, 0.25) is 5.02 Å². The van der Waals surface area contributed by atoms with Crippen LogP contribution in [0.1, 0.15) is 23.6 Å². The van der Waals surface area contributed by atoms with Gasteiger partial charge in [0.05, 0.1) is 5.69 Å². The maximum atomic E-state index is 11.1. The van der Waals surface area contributed by atoms with Gasteiger partial charge in [-0.05, 0) is 30.2 Å². The fraction of sp³-hybridized carbons (Fsp3) is 0.312. The smallest absolute Gasteiger partial charge is 0.407 e. The van der Waals surface area contributed by atoms with Gasteiger partial charge < -0.3 is 14.7 Å². The topological polar surface area (TPSA) is 75.5 Å².